The molecule has 2 N–H and O–H groups in total. The van der Waals surface area contributed by atoms with Gasteiger partial charge in [0.15, 0.2) is 0 Å². The van der Waals surface area contributed by atoms with E-state index in [1.54, 1.807) is 0 Å². The van der Waals surface area contributed by atoms with E-state index in [2.05, 4.69) is 16.8 Å². The lowest BCUT2D eigenvalue weighted by Crippen LogP contribution is -2.63. The molecule has 4 nitrogen and oxygen atoms in total. The van der Waals surface area contributed by atoms with Crippen LogP contribution in [0.3, 0.4) is 0 Å². The molecule has 1 heterocycles. The molecule has 1 saturated heterocycles. The summed E-state index contributed by atoms with van der Waals surface area (Å²) in [5, 5.41) is 0. The van der Waals surface area contributed by atoms with Crippen LogP contribution < -0.4 is 5.73 Å². The standard InChI is InChI=1S/C14H27N3O.2ClH/c1-16-10-11-17(13(18)6-5-9-15)14(12-16)7-3-2-4-8-14;;/h2-12,15H2,1H3;2*1H. The largest absolute Gasteiger partial charge is 0.334 e. The van der Waals surface area contributed by atoms with Crippen LogP contribution in [0, 0.1) is 0 Å². The fraction of sp³-hybridized carbons (Fsp3) is 0.929. The number of nitrogens with zero attached hydrogens (tertiary/aromatic N) is 2. The minimum atomic E-state index is 0. The predicted molar refractivity (Wildman–Crippen MR) is 87.8 cm³/mol. The Balaban J connectivity index is 0.00000180. The molecule has 0 aromatic heterocycles. The zero-order valence-electron chi connectivity index (χ0n) is 12.5. The van der Waals surface area contributed by atoms with E-state index in [1.165, 1.54) is 32.1 Å². The number of hydrogen-bond acceptors (Lipinski definition) is 3. The Morgan fingerprint density at radius 2 is 1.80 bits per heavy atom. The molecule has 1 saturated carbocycles. The Labute approximate surface area is 135 Å². The molecule has 0 atom stereocenters. The van der Waals surface area contributed by atoms with Crippen molar-refractivity contribution in [2.75, 3.05) is 33.2 Å². The molecule has 6 heteroatoms. The van der Waals surface area contributed by atoms with Gasteiger partial charge in [0, 0.05) is 26.1 Å². The molecule has 0 aromatic rings. The van der Waals surface area contributed by atoms with Crippen LogP contribution in [0.15, 0.2) is 0 Å². The van der Waals surface area contributed by atoms with Crippen LogP contribution >= 0.6 is 24.8 Å². The summed E-state index contributed by atoms with van der Waals surface area (Å²) in [6.07, 6.45) is 7.69. The van der Waals surface area contributed by atoms with E-state index < -0.39 is 0 Å². The number of amides is 1. The van der Waals surface area contributed by atoms with Crippen molar-refractivity contribution in [3.63, 3.8) is 0 Å². The quantitative estimate of drug-likeness (QED) is 0.863. The van der Waals surface area contributed by atoms with Crippen LogP contribution in [0.25, 0.3) is 0 Å². The molecule has 2 rings (SSSR count). The highest BCUT2D eigenvalue weighted by Crippen LogP contribution is 2.36. The fourth-order valence-electron chi connectivity index (χ4n) is 3.59. The predicted octanol–water partition coefficient (Wildman–Crippen LogP) is 2.05. The molecule has 0 unspecified atom stereocenters. The van der Waals surface area contributed by atoms with Crippen LogP contribution in [-0.2, 0) is 4.79 Å². The summed E-state index contributed by atoms with van der Waals surface area (Å²) < 4.78 is 0. The lowest BCUT2D eigenvalue weighted by atomic mass is 9.78. The van der Waals surface area contributed by atoms with E-state index >= 15 is 0 Å². The number of rotatable bonds is 3. The van der Waals surface area contributed by atoms with Gasteiger partial charge in [0.25, 0.3) is 0 Å². The number of carbonyl (C=O) groups is 1. The summed E-state index contributed by atoms with van der Waals surface area (Å²) in [5.74, 6) is 0.329. The SMILES string of the molecule is CN1CCN(C(=O)CCCN)C2(CCCCC2)C1.Cl.Cl. The maximum absolute atomic E-state index is 12.4. The molecule has 1 amide bonds. The van der Waals surface area contributed by atoms with E-state index in [1.807, 2.05) is 0 Å². The van der Waals surface area contributed by atoms with Crippen LogP contribution in [0.4, 0.5) is 0 Å². The highest BCUT2D eigenvalue weighted by molar-refractivity contribution is 5.85. The molecule has 20 heavy (non-hydrogen) atoms. The van der Waals surface area contributed by atoms with E-state index in [0.717, 1.165) is 26.1 Å². The number of nitrogens with two attached hydrogens (primary N) is 1. The van der Waals surface area contributed by atoms with Crippen molar-refractivity contribution in [2.45, 2.75) is 50.5 Å². The summed E-state index contributed by atoms with van der Waals surface area (Å²) in [5.41, 5.74) is 5.66. The Hall–Kier alpha value is -0.0300. The average Bonchev–Trinajstić information content (AvgIpc) is 2.37. The first-order valence-corrected chi connectivity index (χ1v) is 7.37. The number of hydrogen-bond donors (Lipinski definition) is 1. The third kappa shape index (κ3) is 4.48. The highest BCUT2D eigenvalue weighted by atomic mass is 35.5. The maximum atomic E-state index is 12.4. The van der Waals surface area contributed by atoms with Crippen molar-refractivity contribution in [3.8, 4) is 0 Å². The van der Waals surface area contributed by atoms with Gasteiger partial charge in [-0.05, 0) is 32.9 Å². The minimum absolute atomic E-state index is 0. The molecule has 0 aromatic carbocycles. The fourth-order valence-corrected chi connectivity index (χ4v) is 3.59. The van der Waals surface area contributed by atoms with Crippen LogP contribution in [0.2, 0.25) is 0 Å². The summed E-state index contributed by atoms with van der Waals surface area (Å²) >= 11 is 0. The van der Waals surface area contributed by atoms with E-state index in [9.17, 15) is 4.79 Å². The van der Waals surface area contributed by atoms with Crippen LogP contribution in [-0.4, -0.2) is 54.5 Å². The van der Waals surface area contributed by atoms with Gasteiger partial charge in [0.2, 0.25) is 5.91 Å². The molecule has 1 aliphatic carbocycles. The number of piperazine rings is 1. The Morgan fingerprint density at radius 3 is 2.40 bits per heavy atom. The first-order chi connectivity index (χ1) is 8.68. The second kappa shape index (κ2) is 9.08. The van der Waals surface area contributed by atoms with E-state index in [-0.39, 0.29) is 30.4 Å². The van der Waals surface area contributed by atoms with Gasteiger partial charge in [0.05, 0.1) is 5.54 Å². The highest BCUT2D eigenvalue weighted by Gasteiger charge is 2.43. The van der Waals surface area contributed by atoms with Gasteiger partial charge in [-0.2, -0.15) is 0 Å². The van der Waals surface area contributed by atoms with Gasteiger partial charge in [-0.1, -0.05) is 19.3 Å². The Morgan fingerprint density at radius 1 is 1.15 bits per heavy atom. The third-order valence-corrected chi connectivity index (χ3v) is 4.52. The number of carbonyl (C=O) groups excluding carboxylic acids is 1. The molecule has 1 aliphatic heterocycles. The molecule has 120 valence electrons. The van der Waals surface area contributed by atoms with Crippen LogP contribution in [0.5, 0.6) is 0 Å². The van der Waals surface area contributed by atoms with Gasteiger partial charge < -0.3 is 15.5 Å². The Kier molecular flexibility index (Phi) is 9.07. The zero-order valence-corrected chi connectivity index (χ0v) is 14.1. The molecule has 2 fully saturated rings. The minimum Gasteiger partial charge on any atom is -0.334 e. The first kappa shape index (κ1) is 20.0. The van der Waals surface area contributed by atoms with Gasteiger partial charge in [0.1, 0.15) is 0 Å². The summed E-state index contributed by atoms with van der Waals surface area (Å²) in [6, 6.07) is 0. The lowest BCUT2D eigenvalue weighted by Gasteiger charge is -2.52. The van der Waals surface area contributed by atoms with Crippen molar-refractivity contribution in [1.29, 1.82) is 0 Å². The molecule has 1 spiro atoms. The number of halogens is 2. The van der Waals surface area contributed by atoms with E-state index in [0.29, 0.717) is 18.9 Å². The maximum Gasteiger partial charge on any atom is 0.223 e. The van der Waals surface area contributed by atoms with Crippen molar-refractivity contribution in [1.82, 2.24) is 9.80 Å². The summed E-state index contributed by atoms with van der Waals surface area (Å²) in [6.45, 7) is 3.59. The van der Waals surface area contributed by atoms with Crippen molar-refractivity contribution in [3.05, 3.63) is 0 Å². The van der Waals surface area contributed by atoms with Gasteiger partial charge in [-0.15, -0.1) is 24.8 Å². The lowest BCUT2D eigenvalue weighted by molar-refractivity contribution is -0.144. The summed E-state index contributed by atoms with van der Waals surface area (Å²) in [7, 11) is 2.18. The smallest absolute Gasteiger partial charge is 0.223 e. The number of likely N-dealkylation sites (N-methyl/N-ethyl adjacent to an activating group) is 1. The normalized spacial score (nSPS) is 22.0. The molecular formula is C14H29Cl2N3O. The Bertz CT molecular complexity index is 296. The molecule has 0 radical (unpaired) electrons. The van der Waals surface area contributed by atoms with Gasteiger partial charge >= 0.3 is 0 Å². The van der Waals surface area contributed by atoms with Crippen molar-refractivity contribution >= 4 is 30.7 Å². The second-order valence-corrected chi connectivity index (χ2v) is 5.96. The summed E-state index contributed by atoms with van der Waals surface area (Å²) in [4.78, 5) is 17.0. The van der Waals surface area contributed by atoms with Gasteiger partial charge in [-0.3, -0.25) is 4.79 Å². The monoisotopic (exact) mass is 325 g/mol. The van der Waals surface area contributed by atoms with E-state index in [4.69, 9.17) is 5.73 Å². The topological polar surface area (TPSA) is 49.6 Å². The molecular weight excluding hydrogens is 297 g/mol. The molecule has 2 aliphatic rings. The molecule has 0 bridgehead atoms. The first-order valence-electron chi connectivity index (χ1n) is 7.37. The third-order valence-electron chi connectivity index (χ3n) is 4.52. The van der Waals surface area contributed by atoms with Crippen molar-refractivity contribution in [2.24, 2.45) is 5.73 Å². The second-order valence-electron chi connectivity index (χ2n) is 5.96. The van der Waals surface area contributed by atoms with Crippen molar-refractivity contribution < 1.29 is 4.79 Å². The zero-order chi connectivity index (χ0) is 13.0. The average molecular weight is 326 g/mol. The van der Waals surface area contributed by atoms with Crippen LogP contribution in [0.1, 0.15) is 44.9 Å². The van der Waals surface area contributed by atoms with Gasteiger partial charge in [-0.25, -0.2) is 0 Å².